The van der Waals surface area contributed by atoms with E-state index in [1.54, 1.807) is 0 Å². The predicted molar refractivity (Wildman–Crippen MR) is 69.6 cm³/mol. The zero-order chi connectivity index (χ0) is 15.6. The van der Waals surface area contributed by atoms with Crippen molar-refractivity contribution in [3.8, 4) is 23.0 Å². The average molecular weight is 292 g/mol. The molecule has 9 heteroatoms. The minimum Gasteiger partial charge on any atom is -0.502 e. The van der Waals surface area contributed by atoms with Crippen molar-refractivity contribution in [2.75, 3.05) is 0 Å². The molecular weight excluding hydrogens is 284 g/mol. The molecule has 2 N–H and O–H groups in total. The number of phenols is 2. The monoisotopic (exact) mass is 292 g/mol. The van der Waals surface area contributed by atoms with E-state index in [1.165, 1.54) is 12.1 Å². The molecule has 0 amide bonds. The summed E-state index contributed by atoms with van der Waals surface area (Å²) < 4.78 is 5.24. The molecule has 0 heterocycles. The van der Waals surface area contributed by atoms with E-state index in [4.69, 9.17) is 4.74 Å². The number of phenolic OH excluding ortho intramolecular Hbond substituents is 2. The number of benzene rings is 2. The van der Waals surface area contributed by atoms with Crippen LogP contribution in [-0.4, -0.2) is 20.1 Å². The summed E-state index contributed by atoms with van der Waals surface area (Å²) in [4.78, 5) is 19.8. The summed E-state index contributed by atoms with van der Waals surface area (Å²) in [7, 11) is 0. The van der Waals surface area contributed by atoms with Gasteiger partial charge in [0, 0.05) is 0 Å². The molecule has 0 spiro atoms. The van der Waals surface area contributed by atoms with Crippen LogP contribution in [0.15, 0.2) is 36.4 Å². The van der Waals surface area contributed by atoms with Gasteiger partial charge in [0.15, 0.2) is 11.5 Å². The number of nitrogens with zero attached hydrogens (tertiary/aromatic N) is 2. The highest BCUT2D eigenvalue weighted by Crippen LogP contribution is 2.35. The Morgan fingerprint density at radius 2 is 1.19 bits per heavy atom. The number of nitro benzene ring substituents is 2. The molecule has 108 valence electrons. The van der Waals surface area contributed by atoms with Crippen LogP contribution in [0.5, 0.6) is 23.0 Å². The number of hydrogen-bond acceptors (Lipinski definition) is 7. The first-order chi connectivity index (χ1) is 9.88. The van der Waals surface area contributed by atoms with E-state index < -0.39 is 32.7 Å². The van der Waals surface area contributed by atoms with Gasteiger partial charge in [-0.05, 0) is 24.3 Å². The summed E-state index contributed by atoms with van der Waals surface area (Å²) in [6.45, 7) is 0. The van der Waals surface area contributed by atoms with Crippen LogP contribution >= 0.6 is 0 Å². The van der Waals surface area contributed by atoms with Crippen molar-refractivity contribution in [1.29, 1.82) is 0 Å². The maximum atomic E-state index is 10.7. The molecule has 0 radical (unpaired) electrons. The van der Waals surface area contributed by atoms with Gasteiger partial charge in [-0.3, -0.25) is 20.2 Å². The van der Waals surface area contributed by atoms with Gasteiger partial charge < -0.3 is 14.9 Å². The third kappa shape index (κ3) is 2.97. The second kappa shape index (κ2) is 5.33. The standard InChI is InChI=1S/C12H8N2O7/c15-11-3-1-7(5-9(11)13(17)18)21-8-2-4-12(16)10(6-8)14(19)20/h1-6,15-16H. The first kappa shape index (κ1) is 14.1. The molecule has 0 unspecified atom stereocenters. The second-order valence-corrected chi connectivity index (χ2v) is 3.92. The summed E-state index contributed by atoms with van der Waals surface area (Å²) in [5, 5.41) is 40.0. The van der Waals surface area contributed by atoms with Gasteiger partial charge in [0.05, 0.1) is 22.0 Å². The van der Waals surface area contributed by atoms with Gasteiger partial charge >= 0.3 is 11.4 Å². The molecule has 0 aliphatic rings. The van der Waals surface area contributed by atoms with E-state index in [-0.39, 0.29) is 11.5 Å². The molecule has 0 aliphatic heterocycles. The molecule has 0 saturated heterocycles. The van der Waals surface area contributed by atoms with Crippen molar-refractivity contribution in [3.05, 3.63) is 56.6 Å². The van der Waals surface area contributed by atoms with Crippen LogP contribution in [0.3, 0.4) is 0 Å². The lowest BCUT2D eigenvalue weighted by atomic mass is 10.2. The Kier molecular flexibility index (Phi) is 3.57. The van der Waals surface area contributed by atoms with E-state index in [2.05, 4.69) is 0 Å². The molecular formula is C12H8N2O7. The first-order valence-corrected chi connectivity index (χ1v) is 5.51. The number of nitro groups is 2. The summed E-state index contributed by atoms with van der Waals surface area (Å²) in [5.41, 5.74) is -1.11. The molecule has 2 aromatic rings. The van der Waals surface area contributed by atoms with Crippen molar-refractivity contribution in [3.63, 3.8) is 0 Å². The van der Waals surface area contributed by atoms with Gasteiger partial charge in [-0.15, -0.1) is 0 Å². The molecule has 21 heavy (non-hydrogen) atoms. The molecule has 0 bridgehead atoms. The fourth-order valence-corrected chi connectivity index (χ4v) is 1.56. The zero-order valence-corrected chi connectivity index (χ0v) is 10.3. The van der Waals surface area contributed by atoms with Crippen LogP contribution in [0.2, 0.25) is 0 Å². The van der Waals surface area contributed by atoms with Crippen molar-refractivity contribution in [2.24, 2.45) is 0 Å². The minimum absolute atomic E-state index is 0.0134. The Labute approximate surface area is 116 Å². The van der Waals surface area contributed by atoms with Gasteiger partial charge in [0.25, 0.3) is 0 Å². The normalized spacial score (nSPS) is 10.1. The predicted octanol–water partition coefficient (Wildman–Crippen LogP) is 2.71. The van der Waals surface area contributed by atoms with E-state index in [0.29, 0.717) is 0 Å². The number of rotatable bonds is 4. The number of hydrogen-bond donors (Lipinski definition) is 2. The molecule has 2 rings (SSSR count). The maximum Gasteiger partial charge on any atom is 0.314 e. The Hall–Kier alpha value is -3.36. The highest BCUT2D eigenvalue weighted by atomic mass is 16.6. The molecule has 0 aromatic heterocycles. The SMILES string of the molecule is O=[N+]([O-])c1cc(Oc2ccc(O)c([N+](=O)[O-])c2)ccc1O. The molecule has 0 aliphatic carbocycles. The fraction of sp³-hybridized carbons (Fsp3) is 0. The highest BCUT2D eigenvalue weighted by Gasteiger charge is 2.17. The van der Waals surface area contributed by atoms with Crippen LogP contribution in [0.1, 0.15) is 0 Å². The fourth-order valence-electron chi connectivity index (χ4n) is 1.56. The van der Waals surface area contributed by atoms with Gasteiger partial charge in [-0.2, -0.15) is 0 Å². The highest BCUT2D eigenvalue weighted by molar-refractivity contribution is 5.53. The Bertz CT molecular complexity index is 668. The minimum atomic E-state index is -0.790. The van der Waals surface area contributed by atoms with E-state index in [9.17, 15) is 30.4 Å². The van der Waals surface area contributed by atoms with Crippen molar-refractivity contribution < 1.29 is 24.8 Å². The van der Waals surface area contributed by atoms with E-state index in [0.717, 1.165) is 24.3 Å². The van der Waals surface area contributed by atoms with Crippen LogP contribution in [0.4, 0.5) is 11.4 Å². The van der Waals surface area contributed by atoms with Gasteiger partial charge in [-0.25, -0.2) is 0 Å². The second-order valence-electron chi connectivity index (χ2n) is 3.92. The van der Waals surface area contributed by atoms with Crippen molar-refractivity contribution in [2.45, 2.75) is 0 Å². The van der Waals surface area contributed by atoms with Crippen molar-refractivity contribution in [1.82, 2.24) is 0 Å². The van der Waals surface area contributed by atoms with E-state index >= 15 is 0 Å². The quantitative estimate of drug-likeness (QED) is 0.652. The zero-order valence-electron chi connectivity index (χ0n) is 10.3. The van der Waals surface area contributed by atoms with Crippen LogP contribution < -0.4 is 4.74 Å². The molecule has 0 atom stereocenters. The third-order valence-corrected chi connectivity index (χ3v) is 2.52. The topological polar surface area (TPSA) is 136 Å². The molecule has 2 aromatic carbocycles. The third-order valence-electron chi connectivity index (χ3n) is 2.52. The largest absolute Gasteiger partial charge is 0.502 e. The van der Waals surface area contributed by atoms with Crippen molar-refractivity contribution >= 4 is 11.4 Å². The summed E-state index contributed by atoms with van der Waals surface area (Å²) in [6.07, 6.45) is 0. The van der Waals surface area contributed by atoms with Crippen LogP contribution in [0.25, 0.3) is 0 Å². The first-order valence-electron chi connectivity index (χ1n) is 5.51. The molecule has 0 fully saturated rings. The summed E-state index contributed by atoms with van der Waals surface area (Å²) >= 11 is 0. The lowest BCUT2D eigenvalue weighted by Gasteiger charge is -2.06. The molecule has 9 nitrogen and oxygen atoms in total. The van der Waals surface area contributed by atoms with Crippen LogP contribution in [0, 0.1) is 20.2 Å². The number of aromatic hydroxyl groups is 2. The Morgan fingerprint density at radius 3 is 1.52 bits per heavy atom. The maximum absolute atomic E-state index is 10.7. The summed E-state index contributed by atoms with van der Waals surface area (Å²) in [5.74, 6) is -1.02. The van der Waals surface area contributed by atoms with Gasteiger partial charge in [0.1, 0.15) is 11.5 Å². The van der Waals surface area contributed by atoms with Gasteiger partial charge in [0.2, 0.25) is 0 Å². The Morgan fingerprint density at radius 1 is 0.810 bits per heavy atom. The number of ether oxygens (including phenoxy) is 1. The Balaban J connectivity index is 2.34. The van der Waals surface area contributed by atoms with Gasteiger partial charge in [-0.1, -0.05) is 0 Å². The average Bonchev–Trinajstić information content (AvgIpc) is 2.42. The summed E-state index contributed by atoms with van der Waals surface area (Å²) in [6, 6.07) is 6.63. The lowest BCUT2D eigenvalue weighted by molar-refractivity contribution is -0.385. The molecule has 0 saturated carbocycles. The van der Waals surface area contributed by atoms with E-state index in [1.807, 2.05) is 0 Å². The smallest absolute Gasteiger partial charge is 0.314 e. The lowest BCUT2D eigenvalue weighted by Crippen LogP contribution is -1.92. The van der Waals surface area contributed by atoms with Crippen LogP contribution in [-0.2, 0) is 0 Å².